The van der Waals surface area contributed by atoms with E-state index in [1.165, 1.54) is 0 Å². The van der Waals surface area contributed by atoms with Crippen molar-refractivity contribution < 1.29 is 0 Å². The van der Waals surface area contributed by atoms with Crippen LogP contribution in [0.4, 0.5) is 0 Å². The summed E-state index contributed by atoms with van der Waals surface area (Å²) in [5.41, 5.74) is 3.94. The minimum absolute atomic E-state index is 0.777. The van der Waals surface area contributed by atoms with E-state index in [1.807, 2.05) is 25.1 Å². The molecular formula is C13H9Br2N3. The second-order valence-corrected chi connectivity index (χ2v) is 5.81. The number of aromatic amines is 1. The van der Waals surface area contributed by atoms with Gasteiger partial charge in [-0.25, -0.2) is 4.98 Å². The number of aromatic nitrogens is 3. The summed E-state index contributed by atoms with van der Waals surface area (Å²) in [6, 6.07) is 7.92. The number of rotatable bonds is 1. The van der Waals surface area contributed by atoms with Gasteiger partial charge in [0.05, 0.1) is 11.0 Å². The van der Waals surface area contributed by atoms with Crippen molar-refractivity contribution in [1.82, 2.24) is 15.0 Å². The molecule has 2 aromatic heterocycles. The normalized spacial score (nSPS) is 11.1. The van der Waals surface area contributed by atoms with Gasteiger partial charge in [-0.3, -0.25) is 4.98 Å². The monoisotopic (exact) mass is 365 g/mol. The lowest BCUT2D eigenvalue weighted by Crippen LogP contribution is -1.86. The molecule has 1 N–H and O–H groups in total. The van der Waals surface area contributed by atoms with Crippen LogP contribution in [-0.4, -0.2) is 15.0 Å². The van der Waals surface area contributed by atoms with Crippen molar-refractivity contribution in [3.05, 3.63) is 45.0 Å². The molecule has 3 aromatic rings. The van der Waals surface area contributed by atoms with Crippen molar-refractivity contribution in [2.45, 2.75) is 6.92 Å². The van der Waals surface area contributed by atoms with Crippen LogP contribution in [-0.2, 0) is 0 Å². The Hall–Kier alpha value is -1.20. The maximum atomic E-state index is 4.62. The molecule has 18 heavy (non-hydrogen) atoms. The first-order valence-electron chi connectivity index (χ1n) is 5.42. The first-order chi connectivity index (χ1) is 8.65. The predicted octanol–water partition coefficient (Wildman–Crippen LogP) is 4.46. The molecule has 90 valence electrons. The molecular weight excluding hydrogens is 358 g/mol. The topological polar surface area (TPSA) is 41.6 Å². The highest BCUT2D eigenvalue weighted by atomic mass is 79.9. The molecule has 3 nitrogen and oxygen atoms in total. The fraction of sp³-hybridized carbons (Fsp3) is 0.0769. The van der Waals surface area contributed by atoms with Crippen molar-refractivity contribution in [2.24, 2.45) is 0 Å². The maximum absolute atomic E-state index is 4.62. The Morgan fingerprint density at radius 3 is 2.83 bits per heavy atom. The quantitative estimate of drug-likeness (QED) is 0.690. The Kier molecular flexibility index (Phi) is 2.95. The van der Waals surface area contributed by atoms with Crippen LogP contribution >= 0.6 is 31.9 Å². The highest BCUT2D eigenvalue weighted by Gasteiger charge is 2.11. The van der Waals surface area contributed by atoms with Crippen LogP contribution in [0.25, 0.3) is 22.6 Å². The van der Waals surface area contributed by atoms with Gasteiger partial charge < -0.3 is 4.98 Å². The van der Waals surface area contributed by atoms with Gasteiger partial charge in [-0.2, -0.15) is 0 Å². The van der Waals surface area contributed by atoms with E-state index in [0.29, 0.717) is 0 Å². The molecule has 0 fully saturated rings. The molecule has 0 aliphatic heterocycles. The van der Waals surface area contributed by atoms with Gasteiger partial charge in [-0.15, -0.1) is 0 Å². The number of nitrogens with zero attached hydrogens (tertiary/aromatic N) is 2. The molecule has 0 amide bonds. The number of fused-ring (bicyclic) bond motifs is 1. The van der Waals surface area contributed by atoms with Crippen LogP contribution < -0.4 is 0 Å². The smallest absolute Gasteiger partial charge is 0.158 e. The van der Waals surface area contributed by atoms with Gasteiger partial charge >= 0.3 is 0 Å². The van der Waals surface area contributed by atoms with Gasteiger partial charge in [0, 0.05) is 15.1 Å². The molecule has 0 atom stereocenters. The SMILES string of the molecule is Cc1cc(Br)cc2[nH]c(-c3ncccc3Br)nc12. The first-order valence-corrected chi connectivity index (χ1v) is 7.00. The third kappa shape index (κ3) is 1.97. The highest BCUT2D eigenvalue weighted by molar-refractivity contribution is 9.10. The zero-order valence-corrected chi connectivity index (χ0v) is 12.7. The van der Waals surface area contributed by atoms with E-state index in [4.69, 9.17) is 0 Å². The minimum atomic E-state index is 0.777. The minimum Gasteiger partial charge on any atom is -0.337 e. The van der Waals surface area contributed by atoms with E-state index in [9.17, 15) is 0 Å². The number of hydrogen-bond acceptors (Lipinski definition) is 2. The lowest BCUT2D eigenvalue weighted by atomic mass is 10.2. The van der Waals surface area contributed by atoms with Gasteiger partial charge in [0.15, 0.2) is 5.82 Å². The molecule has 0 bridgehead atoms. The zero-order chi connectivity index (χ0) is 12.7. The molecule has 0 aliphatic rings. The van der Waals surface area contributed by atoms with E-state index in [0.717, 1.165) is 37.1 Å². The Morgan fingerprint density at radius 2 is 2.06 bits per heavy atom. The third-order valence-corrected chi connectivity index (χ3v) is 3.82. The molecule has 0 saturated heterocycles. The van der Waals surface area contributed by atoms with Gasteiger partial charge in [0.1, 0.15) is 5.69 Å². The van der Waals surface area contributed by atoms with Crippen LogP contribution in [0.3, 0.4) is 0 Å². The van der Waals surface area contributed by atoms with Crippen molar-refractivity contribution in [3.63, 3.8) is 0 Å². The second kappa shape index (κ2) is 4.48. The largest absolute Gasteiger partial charge is 0.337 e. The van der Waals surface area contributed by atoms with Crippen LogP contribution in [0.15, 0.2) is 39.4 Å². The molecule has 5 heteroatoms. The Labute approximate surface area is 121 Å². The third-order valence-electron chi connectivity index (χ3n) is 2.72. The number of aryl methyl sites for hydroxylation is 1. The standard InChI is InChI=1S/C13H9Br2N3/c1-7-5-8(14)6-10-11(7)18-13(17-10)12-9(15)3-2-4-16-12/h2-6H,1H3,(H,17,18). The predicted molar refractivity (Wildman–Crippen MR) is 79.5 cm³/mol. The number of imidazole rings is 1. The van der Waals surface area contributed by atoms with Crippen molar-refractivity contribution in [2.75, 3.05) is 0 Å². The summed E-state index contributed by atoms with van der Waals surface area (Å²) >= 11 is 6.98. The number of halogens is 2. The van der Waals surface area contributed by atoms with E-state index >= 15 is 0 Å². The Bertz CT molecular complexity index is 734. The summed E-state index contributed by atoms with van der Waals surface area (Å²) in [5, 5.41) is 0. The molecule has 1 aromatic carbocycles. The molecule has 0 radical (unpaired) electrons. The van der Waals surface area contributed by atoms with E-state index < -0.39 is 0 Å². The summed E-state index contributed by atoms with van der Waals surface area (Å²) in [6.45, 7) is 2.05. The van der Waals surface area contributed by atoms with E-state index in [2.05, 4.69) is 52.9 Å². The summed E-state index contributed by atoms with van der Waals surface area (Å²) in [5.74, 6) is 0.777. The lowest BCUT2D eigenvalue weighted by molar-refractivity contribution is 1.22. The van der Waals surface area contributed by atoms with Crippen molar-refractivity contribution >= 4 is 42.9 Å². The summed E-state index contributed by atoms with van der Waals surface area (Å²) < 4.78 is 1.98. The number of pyridine rings is 1. The summed E-state index contributed by atoms with van der Waals surface area (Å²) in [6.07, 6.45) is 1.76. The first kappa shape index (κ1) is 11.9. The molecule has 2 heterocycles. The fourth-order valence-corrected chi connectivity index (χ4v) is 2.93. The van der Waals surface area contributed by atoms with Crippen molar-refractivity contribution in [1.29, 1.82) is 0 Å². The number of H-pyrrole nitrogens is 1. The van der Waals surface area contributed by atoms with Crippen LogP contribution in [0.2, 0.25) is 0 Å². The molecule has 3 rings (SSSR count). The van der Waals surface area contributed by atoms with Gasteiger partial charge in [0.2, 0.25) is 0 Å². The molecule has 0 saturated carbocycles. The highest BCUT2D eigenvalue weighted by Crippen LogP contribution is 2.28. The van der Waals surface area contributed by atoms with Crippen molar-refractivity contribution in [3.8, 4) is 11.5 Å². The Morgan fingerprint density at radius 1 is 1.22 bits per heavy atom. The zero-order valence-electron chi connectivity index (χ0n) is 9.54. The van der Waals surface area contributed by atoms with Gasteiger partial charge in [-0.05, 0) is 52.7 Å². The molecule has 0 spiro atoms. The van der Waals surface area contributed by atoms with E-state index in [-0.39, 0.29) is 0 Å². The Balaban J connectivity index is 2.26. The van der Waals surface area contributed by atoms with Gasteiger partial charge in [0.25, 0.3) is 0 Å². The van der Waals surface area contributed by atoms with Crippen LogP contribution in [0.1, 0.15) is 5.56 Å². The maximum Gasteiger partial charge on any atom is 0.158 e. The number of hydrogen-bond donors (Lipinski definition) is 1. The average Bonchev–Trinajstić information content (AvgIpc) is 2.73. The van der Waals surface area contributed by atoms with Gasteiger partial charge in [-0.1, -0.05) is 15.9 Å². The van der Waals surface area contributed by atoms with Crippen LogP contribution in [0, 0.1) is 6.92 Å². The van der Waals surface area contributed by atoms with E-state index in [1.54, 1.807) is 6.20 Å². The fourth-order valence-electron chi connectivity index (χ4n) is 1.92. The number of nitrogens with one attached hydrogen (secondary N) is 1. The molecule has 0 unspecified atom stereocenters. The van der Waals surface area contributed by atoms with Crippen LogP contribution in [0.5, 0.6) is 0 Å². The molecule has 0 aliphatic carbocycles. The number of benzene rings is 1. The second-order valence-electron chi connectivity index (χ2n) is 4.04. The summed E-state index contributed by atoms with van der Waals surface area (Å²) in [4.78, 5) is 12.3. The lowest BCUT2D eigenvalue weighted by Gasteiger charge is -1.97. The average molecular weight is 367 g/mol. The summed E-state index contributed by atoms with van der Waals surface area (Å²) in [7, 11) is 0.